The number of aromatic nitrogens is 1. The van der Waals surface area contributed by atoms with E-state index in [9.17, 15) is 10.1 Å². The zero-order chi connectivity index (χ0) is 12.3. The van der Waals surface area contributed by atoms with Crippen LogP contribution in [0, 0.1) is 10.1 Å². The average molecular weight is 253 g/mol. The summed E-state index contributed by atoms with van der Waals surface area (Å²) in [6, 6.07) is 3.29. The number of anilines is 1. The Morgan fingerprint density at radius 1 is 1.59 bits per heavy atom. The number of thioether (sulfide) groups is 1. The first-order valence-corrected chi connectivity index (χ1v) is 6.87. The Labute approximate surface area is 104 Å². The lowest BCUT2D eigenvalue weighted by Gasteiger charge is -2.12. The molecule has 1 aliphatic carbocycles. The molecule has 1 aliphatic rings. The molecule has 1 aromatic rings. The third-order valence-electron chi connectivity index (χ3n) is 3.02. The molecule has 2 unspecified atom stereocenters. The molecule has 0 bridgehead atoms. The highest BCUT2D eigenvalue weighted by Gasteiger charge is 2.24. The van der Waals surface area contributed by atoms with Crippen LogP contribution in [0.25, 0.3) is 0 Å². The van der Waals surface area contributed by atoms with Crippen molar-refractivity contribution < 1.29 is 4.92 Å². The van der Waals surface area contributed by atoms with Gasteiger partial charge in [-0.3, -0.25) is 10.1 Å². The van der Waals surface area contributed by atoms with Gasteiger partial charge in [0, 0.05) is 23.6 Å². The van der Waals surface area contributed by atoms with Gasteiger partial charge in [-0.15, -0.1) is 0 Å². The van der Waals surface area contributed by atoms with Crippen molar-refractivity contribution in [2.75, 3.05) is 11.6 Å². The number of hydrogen-bond acceptors (Lipinski definition) is 5. The average Bonchev–Trinajstić information content (AvgIpc) is 2.77. The van der Waals surface area contributed by atoms with Crippen LogP contribution in [0.1, 0.15) is 19.3 Å². The maximum Gasteiger partial charge on any atom is 0.274 e. The summed E-state index contributed by atoms with van der Waals surface area (Å²) < 4.78 is 0. The molecule has 92 valence electrons. The first-order valence-electron chi connectivity index (χ1n) is 5.59. The Hall–Kier alpha value is -1.30. The van der Waals surface area contributed by atoms with Crippen LogP contribution in [0.4, 0.5) is 11.5 Å². The van der Waals surface area contributed by atoms with Gasteiger partial charge in [0.15, 0.2) is 0 Å². The van der Waals surface area contributed by atoms with E-state index in [1.807, 2.05) is 11.8 Å². The fourth-order valence-corrected chi connectivity index (χ4v) is 2.90. The van der Waals surface area contributed by atoms with Crippen molar-refractivity contribution >= 4 is 23.3 Å². The molecule has 0 radical (unpaired) electrons. The minimum absolute atomic E-state index is 0.0851. The normalized spacial score (nSPS) is 23.6. The summed E-state index contributed by atoms with van der Waals surface area (Å²) in [5.74, 6) is 0.603. The lowest BCUT2D eigenvalue weighted by Crippen LogP contribution is -2.16. The minimum atomic E-state index is -0.397. The monoisotopic (exact) mass is 253 g/mol. The van der Waals surface area contributed by atoms with Crippen LogP contribution in [-0.2, 0) is 0 Å². The smallest absolute Gasteiger partial charge is 0.274 e. The van der Waals surface area contributed by atoms with Gasteiger partial charge in [-0.2, -0.15) is 11.8 Å². The van der Waals surface area contributed by atoms with E-state index in [-0.39, 0.29) is 5.69 Å². The zero-order valence-corrected chi connectivity index (χ0v) is 10.4. The second-order valence-electron chi connectivity index (χ2n) is 4.17. The summed E-state index contributed by atoms with van der Waals surface area (Å²) in [6.45, 7) is 0. The molecular weight excluding hydrogens is 238 g/mol. The molecular formula is C11H15N3O2S. The van der Waals surface area contributed by atoms with E-state index in [0.29, 0.717) is 17.1 Å². The van der Waals surface area contributed by atoms with E-state index in [1.165, 1.54) is 24.8 Å². The molecule has 1 N–H and O–H groups in total. The first kappa shape index (κ1) is 12.2. The quantitative estimate of drug-likeness (QED) is 0.660. The van der Waals surface area contributed by atoms with Gasteiger partial charge in [-0.25, -0.2) is 4.98 Å². The standard InChI is InChI=1S/C11H15N3O2S/c1-17-10-3-2-8(6-10)13-11-7-9(14(15)16)4-5-12-11/h4-5,7-8,10H,2-3,6H2,1H3,(H,12,13). The highest BCUT2D eigenvalue weighted by Crippen LogP contribution is 2.30. The Morgan fingerprint density at radius 2 is 2.41 bits per heavy atom. The summed E-state index contributed by atoms with van der Waals surface area (Å²) in [7, 11) is 0. The molecule has 1 saturated carbocycles. The lowest BCUT2D eigenvalue weighted by atomic mass is 10.2. The van der Waals surface area contributed by atoms with Crippen LogP contribution in [0.2, 0.25) is 0 Å². The fourth-order valence-electron chi connectivity index (χ4n) is 2.11. The van der Waals surface area contributed by atoms with Crippen LogP contribution in [0.15, 0.2) is 18.3 Å². The van der Waals surface area contributed by atoms with Crippen LogP contribution in [-0.4, -0.2) is 27.5 Å². The molecule has 0 amide bonds. The first-order chi connectivity index (χ1) is 8.19. The van der Waals surface area contributed by atoms with E-state index < -0.39 is 4.92 Å². The van der Waals surface area contributed by atoms with E-state index in [2.05, 4.69) is 16.6 Å². The second-order valence-corrected chi connectivity index (χ2v) is 5.31. The predicted octanol–water partition coefficient (Wildman–Crippen LogP) is 2.69. The topological polar surface area (TPSA) is 68.1 Å². The van der Waals surface area contributed by atoms with Crippen LogP contribution < -0.4 is 5.32 Å². The number of pyridine rings is 1. The van der Waals surface area contributed by atoms with E-state index >= 15 is 0 Å². The van der Waals surface area contributed by atoms with E-state index in [0.717, 1.165) is 12.8 Å². The molecule has 2 atom stereocenters. The number of nitrogens with one attached hydrogen (secondary N) is 1. The SMILES string of the molecule is CSC1CCC(Nc2cc([N+](=O)[O-])ccn2)C1. The molecule has 0 aromatic carbocycles. The van der Waals surface area contributed by atoms with Gasteiger partial charge in [-0.05, 0) is 25.5 Å². The number of hydrogen-bond donors (Lipinski definition) is 1. The molecule has 1 heterocycles. The maximum absolute atomic E-state index is 10.6. The highest BCUT2D eigenvalue weighted by molar-refractivity contribution is 7.99. The molecule has 0 aliphatic heterocycles. The van der Waals surface area contributed by atoms with Crippen LogP contribution in [0.3, 0.4) is 0 Å². The lowest BCUT2D eigenvalue weighted by molar-refractivity contribution is -0.384. The number of nitrogens with zero attached hydrogens (tertiary/aromatic N) is 2. The Balaban J connectivity index is 1.99. The van der Waals surface area contributed by atoms with Gasteiger partial charge in [0.2, 0.25) is 0 Å². The number of rotatable bonds is 4. The summed E-state index contributed by atoms with van der Waals surface area (Å²) in [4.78, 5) is 14.4. The largest absolute Gasteiger partial charge is 0.367 e. The van der Waals surface area contributed by atoms with Crippen LogP contribution >= 0.6 is 11.8 Å². The zero-order valence-electron chi connectivity index (χ0n) is 9.63. The van der Waals surface area contributed by atoms with Crippen molar-refractivity contribution in [3.63, 3.8) is 0 Å². The summed E-state index contributed by atoms with van der Waals surface area (Å²) in [5.41, 5.74) is 0.0851. The van der Waals surface area contributed by atoms with Gasteiger partial charge in [-0.1, -0.05) is 0 Å². The Morgan fingerprint density at radius 3 is 3.06 bits per heavy atom. The predicted molar refractivity (Wildman–Crippen MR) is 69.5 cm³/mol. The van der Waals surface area contributed by atoms with Crippen molar-refractivity contribution in [1.29, 1.82) is 0 Å². The molecule has 5 nitrogen and oxygen atoms in total. The van der Waals surface area contributed by atoms with Gasteiger partial charge < -0.3 is 5.32 Å². The van der Waals surface area contributed by atoms with Gasteiger partial charge >= 0.3 is 0 Å². The molecule has 0 spiro atoms. The third-order valence-corrected chi connectivity index (χ3v) is 4.12. The Kier molecular flexibility index (Phi) is 3.83. The maximum atomic E-state index is 10.6. The molecule has 6 heteroatoms. The Bertz CT molecular complexity index is 413. The highest BCUT2D eigenvalue weighted by atomic mass is 32.2. The molecule has 2 rings (SSSR count). The minimum Gasteiger partial charge on any atom is -0.367 e. The van der Waals surface area contributed by atoms with E-state index in [1.54, 1.807) is 0 Å². The van der Waals surface area contributed by atoms with Crippen molar-refractivity contribution in [2.24, 2.45) is 0 Å². The van der Waals surface area contributed by atoms with Crippen molar-refractivity contribution in [3.05, 3.63) is 28.4 Å². The molecule has 17 heavy (non-hydrogen) atoms. The molecule has 0 saturated heterocycles. The van der Waals surface area contributed by atoms with Crippen LogP contribution in [0.5, 0.6) is 0 Å². The van der Waals surface area contributed by atoms with Crippen molar-refractivity contribution in [2.45, 2.75) is 30.6 Å². The number of nitro groups is 1. The summed E-state index contributed by atoms with van der Waals surface area (Å²) >= 11 is 1.89. The van der Waals surface area contributed by atoms with Gasteiger partial charge in [0.1, 0.15) is 5.82 Å². The van der Waals surface area contributed by atoms with Gasteiger partial charge in [0.05, 0.1) is 11.0 Å². The van der Waals surface area contributed by atoms with Gasteiger partial charge in [0.25, 0.3) is 5.69 Å². The summed E-state index contributed by atoms with van der Waals surface area (Å²) in [5, 5.41) is 14.6. The molecule has 1 fully saturated rings. The van der Waals surface area contributed by atoms with E-state index in [4.69, 9.17) is 0 Å². The van der Waals surface area contributed by atoms with Crippen molar-refractivity contribution in [1.82, 2.24) is 4.98 Å². The molecule has 1 aromatic heterocycles. The van der Waals surface area contributed by atoms with Crippen molar-refractivity contribution in [3.8, 4) is 0 Å². The fraction of sp³-hybridized carbons (Fsp3) is 0.545. The summed E-state index contributed by atoms with van der Waals surface area (Å²) in [6.07, 6.45) is 7.01. The second kappa shape index (κ2) is 5.35. The third kappa shape index (κ3) is 3.09.